The van der Waals surface area contributed by atoms with Gasteiger partial charge in [-0.05, 0) is 0 Å². The molecule has 0 aromatic heterocycles. The Bertz CT molecular complexity index is 48.1. The fourth-order valence-electron chi connectivity index (χ4n) is 0.0173. The fraction of sp³-hybridized carbons (Fsp3) is 0. The highest BCUT2D eigenvalue weighted by molar-refractivity contribution is 6.07. The number of hydrogen-bond acceptors (Lipinski definition) is 3. The lowest BCUT2D eigenvalue weighted by molar-refractivity contribution is 0.280. The van der Waals surface area contributed by atoms with Gasteiger partial charge in [0.15, 0.2) is 0 Å². The molecule has 0 atom stereocenters. The zero-order valence-corrected chi connectivity index (χ0v) is 2.99. The highest BCUT2D eigenvalue weighted by Crippen LogP contribution is 1.62. The lowest BCUT2D eigenvalue weighted by Gasteiger charge is -1.73. The van der Waals surface area contributed by atoms with E-state index in [1.165, 1.54) is 6.19 Å². The summed E-state index contributed by atoms with van der Waals surface area (Å²) >= 11 is 4.47. The minimum absolute atomic E-state index is 1.41. The Morgan fingerprint density at radius 2 is 2.60 bits per heavy atom. The SMILES string of the molecule is N#CNOCl. The molecule has 0 unspecified atom stereocenters. The van der Waals surface area contributed by atoms with Crippen LogP contribution in [0.25, 0.3) is 0 Å². The third-order valence-electron chi connectivity index (χ3n) is 0.0842. The van der Waals surface area contributed by atoms with E-state index >= 15 is 0 Å². The molecule has 0 saturated heterocycles. The molecule has 0 rings (SSSR count). The molecule has 0 aliphatic heterocycles. The predicted octanol–water partition coefficient (Wildman–Crippen LogP) is 0.142. The van der Waals surface area contributed by atoms with E-state index in [4.69, 9.17) is 5.26 Å². The maximum absolute atomic E-state index is 7.50. The van der Waals surface area contributed by atoms with E-state index in [1.807, 2.05) is 0 Å². The molecule has 0 radical (unpaired) electrons. The standard InChI is InChI=1S/CHClN2O/c2-5-4-1-3/h4H. The van der Waals surface area contributed by atoms with Gasteiger partial charge in [0.1, 0.15) is 0 Å². The minimum atomic E-state index is 1.41. The van der Waals surface area contributed by atoms with Crippen LogP contribution < -0.4 is 5.48 Å². The summed E-state index contributed by atoms with van der Waals surface area (Å²) in [6, 6.07) is 0. The Labute approximate surface area is 34.2 Å². The molecule has 1 N–H and O–H groups in total. The van der Waals surface area contributed by atoms with Gasteiger partial charge >= 0.3 is 0 Å². The van der Waals surface area contributed by atoms with Gasteiger partial charge in [0.05, 0.1) is 11.9 Å². The van der Waals surface area contributed by atoms with Gasteiger partial charge in [-0.3, -0.25) is 0 Å². The molecule has 0 aromatic rings. The van der Waals surface area contributed by atoms with Gasteiger partial charge in [0, 0.05) is 0 Å². The fourth-order valence-corrected chi connectivity index (χ4v) is 0.0518. The van der Waals surface area contributed by atoms with Gasteiger partial charge in [-0.1, -0.05) is 0 Å². The molecule has 0 aromatic carbocycles. The third kappa shape index (κ3) is 3.54. The van der Waals surface area contributed by atoms with Crippen LogP contribution >= 0.6 is 11.9 Å². The average Bonchev–Trinajstić information content (AvgIpc) is 1.41. The van der Waals surface area contributed by atoms with Crippen molar-refractivity contribution < 1.29 is 4.39 Å². The Morgan fingerprint density at radius 3 is 2.60 bits per heavy atom. The smallest absolute Gasteiger partial charge is 0.182 e. The number of nitriles is 1. The minimum Gasteiger partial charge on any atom is -0.182 e. The molecule has 0 spiro atoms. The summed E-state index contributed by atoms with van der Waals surface area (Å²) in [6.45, 7) is 0. The normalized spacial score (nSPS) is 5.60. The molecule has 0 amide bonds. The summed E-state index contributed by atoms with van der Waals surface area (Å²) in [5.74, 6) is 0. The molecule has 0 aliphatic rings. The maximum atomic E-state index is 7.50. The first kappa shape index (κ1) is 4.54. The Morgan fingerprint density at radius 1 is 2.00 bits per heavy atom. The van der Waals surface area contributed by atoms with Crippen LogP contribution in [-0.2, 0) is 4.39 Å². The third-order valence-corrected chi connectivity index (χ3v) is 0.161. The summed E-state index contributed by atoms with van der Waals surface area (Å²) in [4.78, 5) is 0. The lowest BCUT2D eigenvalue weighted by atomic mass is 11.5. The van der Waals surface area contributed by atoms with Crippen LogP contribution in [0.5, 0.6) is 0 Å². The average molecular weight is 92.5 g/mol. The van der Waals surface area contributed by atoms with E-state index in [2.05, 4.69) is 16.3 Å². The van der Waals surface area contributed by atoms with Crippen molar-refractivity contribution in [2.75, 3.05) is 0 Å². The van der Waals surface area contributed by atoms with E-state index < -0.39 is 0 Å². The molecule has 4 heteroatoms. The molecular formula is CHClN2O. The van der Waals surface area contributed by atoms with Crippen LogP contribution in [0.15, 0.2) is 0 Å². The molecule has 5 heavy (non-hydrogen) atoms. The Balaban J connectivity index is 2.48. The van der Waals surface area contributed by atoms with Crippen LogP contribution in [0.3, 0.4) is 0 Å². The quantitative estimate of drug-likeness (QED) is 0.284. The predicted molar refractivity (Wildman–Crippen MR) is 15.7 cm³/mol. The van der Waals surface area contributed by atoms with Crippen molar-refractivity contribution in [1.29, 1.82) is 5.26 Å². The van der Waals surface area contributed by atoms with Crippen LogP contribution in [0.4, 0.5) is 0 Å². The van der Waals surface area contributed by atoms with Crippen LogP contribution in [0, 0.1) is 11.5 Å². The van der Waals surface area contributed by atoms with Crippen molar-refractivity contribution in [2.24, 2.45) is 0 Å². The van der Waals surface area contributed by atoms with Crippen molar-refractivity contribution in [2.45, 2.75) is 0 Å². The van der Waals surface area contributed by atoms with Crippen LogP contribution in [0.2, 0.25) is 0 Å². The lowest BCUT2D eigenvalue weighted by Crippen LogP contribution is -1.94. The molecule has 28 valence electrons. The highest BCUT2D eigenvalue weighted by Gasteiger charge is 1.59. The van der Waals surface area contributed by atoms with E-state index in [0.29, 0.717) is 0 Å². The summed E-state index contributed by atoms with van der Waals surface area (Å²) in [6.07, 6.45) is 1.41. The zero-order chi connectivity index (χ0) is 4.12. The second-order valence-electron chi connectivity index (χ2n) is 0.291. The Hall–Kier alpha value is -0.460. The second kappa shape index (κ2) is 3.54. The summed E-state index contributed by atoms with van der Waals surface area (Å²) < 4.78 is 3.55. The topological polar surface area (TPSA) is 45.0 Å². The molecule has 0 fully saturated rings. The van der Waals surface area contributed by atoms with Crippen LogP contribution in [-0.4, -0.2) is 0 Å². The van der Waals surface area contributed by atoms with Crippen molar-refractivity contribution in [1.82, 2.24) is 5.48 Å². The van der Waals surface area contributed by atoms with Gasteiger partial charge in [0.25, 0.3) is 0 Å². The largest absolute Gasteiger partial charge is 0.204 e. The van der Waals surface area contributed by atoms with Gasteiger partial charge in [0.2, 0.25) is 6.19 Å². The molecule has 0 saturated carbocycles. The monoisotopic (exact) mass is 92.0 g/mol. The number of hydrogen-bond donors (Lipinski definition) is 1. The maximum Gasteiger partial charge on any atom is 0.204 e. The molecular weight excluding hydrogens is 91.5 g/mol. The van der Waals surface area contributed by atoms with Crippen LogP contribution in [0.1, 0.15) is 0 Å². The number of halogens is 1. The van der Waals surface area contributed by atoms with E-state index in [1.54, 1.807) is 5.48 Å². The van der Waals surface area contributed by atoms with Gasteiger partial charge in [-0.2, -0.15) is 15.1 Å². The van der Waals surface area contributed by atoms with Crippen molar-refractivity contribution in [3.05, 3.63) is 0 Å². The van der Waals surface area contributed by atoms with Gasteiger partial charge in [-0.25, -0.2) is 0 Å². The first-order valence-corrected chi connectivity index (χ1v) is 1.14. The Kier molecular flexibility index (Phi) is 3.21. The van der Waals surface area contributed by atoms with Crippen molar-refractivity contribution in [3.63, 3.8) is 0 Å². The summed E-state index contributed by atoms with van der Waals surface area (Å²) in [7, 11) is 0. The van der Waals surface area contributed by atoms with Crippen molar-refractivity contribution >= 4 is 11.9 Å². The first-order chi connectivity index (χ1) is 2.41. The molecule has 0 heterocycles. The first-order valence-electron chi connectivity index (χ1n) is 0.832. The number of hydroxylamine groups is 1. The molecule has 0 aliphatic carbocycles. The van der Waals surface area contributed by atoms with E-state index in [-0.39, 0.29) is 0 Å². The number of nitrogens with zero attached hydrogens (tertiary/aromatic N) is 1. The van der Waals surface area contributed by atoms with E-state index in [0.717, 1.165) is 0 Å². The van der Waals surface area contributed by atoms with Gasteiger partial charge < -0.3 is 0 Å². The van der Waals surface area contributed by atoms with Crippen molar-refractivity contribution in [3.8, 4) is 6.19 Å². The zero-order valence-electron chi connectivity index (χ0n) is 2.23. The molecule has 3 nitrogen and oxygen atoms in total. The van der Waals surface area contributed by atoms with E-state index in [9.17, 15) is 0 Å². The highest BCUT2D eigenvalue weighted by atomic mass is 35.5. The second-order valence-corrected chi connectivity index (χ2v) is 0.445. The molecule has 0 bridgehead atoms. The summed E-state index contributed by atoms with van der Waals surface area (Å²) in [5.41, 5.74) is 1.68. The number of rotatable bonds is 1. The summed E-state index contributed by atoms with van der Waals surface area (Å²) in [5, 5.41) is 7.50. The van der Waals surface area contributed by atoms with Gasteiger partial charge in [-0.15, -0.1) is 0 Å². The number of nitrogens with one attached hydrogen (secondary N) is 1.